The SMILES string of the molecule is COC(=O)N(C(=O)OC(C)(C)C)[C@@H](CCCO)C(=O)O. The van der Waals surface area contributed by atoms with Crippen molar-refractivity contribution in [3.05, 3.63) is 0 Å². The van der Waals surface area contributed by atoms with Crippen LogP contribution in [0, 0.1) is 0 Å². The Kier molecular flexibility index (Phi) is 6.98. The molecule has 0 aromatic heterocycles. The van der Waals surface area contributed by atoms with E-state index >= 15 is 0 Å². The molecule has 20 heavy (non-hydrogen) atoms. The summed E-state index contributed by atoms with van der Waals surface area (Å²) in [6.45, 7) is 4.50. The van der Waals surface area contributed by atoms with Gasteiger partial charge in [0.1, 0.15) is 11.6 Å². The van der Waals surface area contributed by atoms with E-state index in [1.807, 2.05) is 0 Å². The summed E-state index contributed by atoms with van der Waals surface area (Å²) in [7, 11) is 1.03. The molecule has 0 spiro atoms. The molecule has 0 aliphatic heterocycles. The largest absolute Gasteiger partial charge is 0.480 e. The summed E-state index contributed by atoms with van der Waals surface area (Å²) in [6.07, 6.45) is -2.20. The van der Waals surface area contributed by atoms with Gasteiger partial charge in [-0.05, 0) is 33.6 Å². The lowest BCUT2D eigenvalue weighted by Gasteiger charge is -2.28. The maximum absolute atomic E-state index is 11.9. The molecule has 0 radical (unpaired) electrons. The summed E-state index contributed by atoms with van der Waals surface area (Å²) in [5.74, 6) is -1.38. The van der Waals surface area contributed by atoms with Gasteiger partial charge >= 0.3 is 18.2 Å². The van der Waals surface area contributed by atoms with Crippen molar-refractivity contribution in [3.8, 4) is 0 Å². The fourth-order valence-corrected chi connectivity index (χ4v) is 1.39. The number of carbonyl (C=O) groups excluding carboxylic acids is 2. The zero-order valence-corrected chi connectivity index (χ0v) is 12.1. The smallest absolute Gasteiger partial charge is 0.420 e. The number of aliphatic hydroxyl groups is 1. The number of aliphatic carboxylic acids is 1. The Morgan fingerprint density at radius 1 is 1.20 bits per heavy atom. The number of hydrogen-bond acceptors (Lipinski definition) is 6. The molecule has 8 heteroatoms. The van der Waals surface area contributed by atoms with E-state index < -0.39 is 29.8 Å². The first-order chi connectivity index (χ1) is 9.14. The highest BCUT2D eigenvalue weighted by Crippen LogP contribution is 2.16. The number of carboxylic acids is 1. The van der Waals surface area contributed by atoms with Crippen molar-refractivity contribution in [2.75, 3.05) is 13.7 Å². The quantitative estimate of drug-likeness (QED) is 0.782. The maximum atomic E-state index is 11.9. The van der Waals surface area contributed by atoms with E-state index in [4.69, 9.17) is 14.9 Å². The zero-order valence-electron chi connectivity index (χ0n) is 12.1. The van der Waals surface area contributed by atoms with Gasteiger partial charge in [-0.2, -0.15) is 4.90 Å². The van der Waals surface area contributed by atoms with Gasteiger partial charge in [-0.1, -0.05) is 0 Å². The second kappa shape index (κ2) is 7.68. The number of imide groups is 1. The van der Waals surface area contributed by atoms with Crippen molar-refractivity contribution in [2.45, 2.75) is 45.3 Å². The number of carbonyl (C=O) groups is 3. The lowest BCUT2D eigenvalue weighted by atomic mass is 10.1. The van der Waals surface area contributed by atoms with Crippen molar-refractivity contribution >= 4 is 18.2 Å². The van der Waals surface area contributed by atoms with Gasteiger partial charge in [0.2, 0.25) is 0 Å². The molecule has 0 fully saturated rings. The number of aliphatic hydroxyl groups excluding tert-OH is 1. The summed E-state index contributed by atoms with van der Waals surface area (Å²) in [5, 5.41) is 17.9. The van der Waals surface area contributed by atoms with E-state index in [0.717, 1.165) is 7.11 Å². The van der Waals surface area contributed by atoms with Gasteiger partial charge in [0.15, 0.2) is 0 Å². The predicted molar refractivity (Wildman–Crippen MR) is 68.2 cm³/mol. The highest BCUT2D eigenvalue weighted by Gasteiger charge is 2.38. The number of rotatable bonds is 5. The van der Waals surface area contributed by atoms with Crippen molar-refractivity contribution < 1.29 is 34.1 Å². The number of amides is 2. The van der Waals surface area contributed by atoms with Gasteiger partial charge in [0.25, 0.3) is 0 Å². The van der Waals surface area contributed by atoms with Gasteiger partial charge < -0.3 is 19.7 Å². The Labute approximate surface area is 117 Å². The molecule has 0 aliphatic rings. The standard InChI is InChI=1S/C12H21NO7/c1-12(2,3)20-11(18)13(10(17)19-4)8(9(15)16)6-5-7-14/h8,14H,5-7H2,1-4H3,(H,15,16)/t8-/m0/s1. The third-order valence-corrected chi connectivity index (χ3v) is 2.19. The van der Waals surface area contributed by atoms with Crippen molar-refractivity contribution in [1.82, 2.24) is 4.90 Å². The summed E-state index contributed by atoms with van der Waals surface area (Å²) in [4.78, 5) is 35.2. The van der Waals surface area contributed by atoms with E-state index in [-0.39, 0.29) is 19.4 Å². The van der Waals surface area contributed by atoms with E-state index in [9.17, 15) is 14.4 Å². The van der Waals surface area contributed by atoms with Crippen LogP contribution in [0.2, 0.25) is 0 Å². The molecule has 0 saturated carbocycles. The topological polar surface area (TPSA) is 113 Å². The molecule has 0 heterocycles. The molecule has 2 amide bonds. The monoisotopic (exact) mass is 291 g/mol. The first-order valence-corrected chi connectivity index (χ1v) is 6.08. The first kappa shape index (κ1) is 18.2. The Morgan fingerprint density at radius 2 is 1.75 bits per heavy atom. The fourth-order valence-electron chi connectivity index (χ4n) is 1.39. The van der Waals surface area contributed by atoms with Crippen LogP contribution in [0.3, 0.4) is 0 Å². The molecule has 0 aromatic rings. The second-order valence-corrected chi connectivity index (χ2v) is 5.04. The van der Waals surface area contributed by atoms with Crippen LogP contribution in [0.25, 0.3) is 0 Å². The minimum atomic E-state index is -1.45. The first-order valence-electron chi connectivity index (χ1n) is 6.08. The molecule has 0 unspecified atom stereocenters. The van der Waals surface area contributed by atoms with Crippen LogP contribution in [-0.2, 0) is 14.3 Å². The molecule has 116 valence electrons. The summed E-state index contributed by atoms with van der Waals surface area (Å²) in [5.41, 5.74) is -0.886. The minimum Gasteiger partial charge on any atom is -0.480 e. The van der Waals surface area contributed by atoms with E-state index in [0.29, 0.717) is 4.90 Å². The summed E-state index contributed by atoms with van der Waals surface area (Å²) >= 11 is 0. The Balaban J connectivity index is 5.24. The summed E-state index contributed by atoms with van der Waals surface area (Å²) < 4.78 is 9.41. The van der Waals surface area contributed by atoms with Gasteiger partial charge in [0, 0.05) is 6.61 Å². The third kappa shape index (κ3) is 5.87. The number of ether oxygens (including phenoxy) is 2. The van der Waals surface area contributed by atoms with Gasteiger partial charge in [-0.3, -0.25) is 0 Å². The Bertz CT molecular complexity index is 361. The maximum Gasteiger partial charge on any atom is 0.420 e. The highest BCUT2D eigenvalue weighted by atomic mass is 16.6. The molecule has 0 saturated heterocycles. The van der Waals surface area contributed by atoms with Crippen LogP contribution in [0.4, 0.5) is 9.59 Å². The minimum absolute atomic E-state index is 0.0970. The molecular weight excluding hydrogens is 270 g/mol. The van der Waals surface area contributed by atoms with Gasteiger partial charge in [0.05, 0.1) is 7.11 Å². The average Bonchev–Trinajstić information content (AvgIpc) is 2.30. The lowest BCUT2D eigenvalue weighted by molar-refractivity contribution is -0.142. The molecule has 0 aliphatic carbocycles. The number of hydrogen-bond donors (Lipinski definition) is 2. The van der Waals surface area contributed by atoms with Gasteiger partial charge in [-0.15, -0.1) is 0 Å². The average molecular weight is 291 g/mol. The Hall–Kier alpha value is -1.83. The number of nitrogens with zero attached hydrogens (tertiary/aromatic N) is 1. The van der Waals surface area contributed by atoms with Crippen molar-refractivity contribution in [1.29, 1.82) is 0 Å². The van der Waals surface area contributed by atoms with Crippen LogP contribution >= 0.6 is 0 Å². The highest BCUT2D eigenvalue weighted by molar-refractivity contribution is 5.93. The van der Waals surface area contributed by atoms with E-state index in [2.05, 4.69) is 4.74 Å². The molecule has 0 aromatic carbocycles. The Morgan fingerprint density at radius 3 is 2.10 bits per heavy atom. The van der Waals surface area contributed by atoms with E-state index in [1.165, 1.54) is 0 Å². The number of methoxy groups -OCH3 is 1. The molecule has 8 nitrogen and oxygen atoms in total. The summed E-state index contributed by atoms with van der Waals surface area (Å²) in [6, 6.07) is -1.45. The zero-order chi connectivity index (χ0) is 15.9. The predicted octanol–water partition coefficient (Wildman–Crippen LogP) is 1.22. The van der Waals surface area contributed by atoms with Crippen LogP contribution in [0.15, 0.2) is 0 Å². The van der Waals surface area contributed by atoms with Crippen molar-refractivity contribution in [3.63, 3.8) is 0 Å². The molecule has 1 atom stereocenters. The second-order valence-electron chi connectivity index (χ2n) is 5.04. The van der Waals surface area contributed by atoms with E-state index in [1.54, 1.807) is 20.8 Å². The third-order valence-electron chi connectivity index (χ3n) is 2.19. The molecule has 2 N–H and O–H groups in total. The normalized spacial score (nSPS) is 12.4. The van der Waals surface area contributed by atoms with Crippen LogP contribution in [0.5, 0.6) is 0 Å². The lowest BCUT2D eigenvalue weighted by Crippen LogP contribution is -2.50. The van der Waals surface area contributed by atoms with Crippen LogP contribution in [-0.4, -0.2) is 58.6 Å². The molecular formula is C12H21NO7. The molecule has 0 bridgehead atoms. The fraction of sp³-hybridized carbons (Fsp3) is 0.750. The van der Waals surface area contributed by atoms with Crippen LogP contribution < -0.4 is 0 Å². The van der Waals surface area contributed by atoms with Crippen molar-refractivity contribution in [2.24, 2.45) is 0 Å². The molecule has 0 rings (SSSR count). The number of carboxylic acid groups (broad SMARTS) is 1. The van der Waals surface area contributed by atoms with Gasteiger partial charge in [-0.25, -0.2) is 14.4 Å². The van der Waals surface area contributed by atoms with Crippen LogP contribution in [0.1, 0.15) is 33.6 Å².